The third-order valence-corrected chi connectivity index (χ3v) is 5.70. The molecule has 0 radical (unpaired) electrons. The molecular formula is C23H25N7O2S. The van der Waals surface area contributed by atoms with Crippen LogP contribution in [0.15, 0.2) is 52.1 Å². The SMILES string of the molecule is Cc1cc(C)nc(-n2nc(C)cc2NC(=O)CSc2nnc(CC(C)c3ccccc3)o2)n1. The van der Waals surface area contributed by atoms with Crippen LogP contribution >= 0.6 is 11.8 Å². The van der Waals surface area contributed by atoms with Crippen LogP contribution in [-0.4, -0.2) is 41.6 Å². The lowest BCUT2D eigenvalue weighted by atomic mass is 9.98. The molecule has 33 heavy (non-hydrogen) atoms. The molecule has 3 heterocycles. The number of nitrogens with one attached hydrogen (secondary N) is 1. The number of anilines is 1. The smallest absolute Gasteiger partial charge is 0.277 e. The van der Waals surface area contributed by atoms with Crippen molar-refractivity contribution in [2.24, 2.45) is 0 Å². The van der Waals surface area contributed by atoms with Crippen LogP contribution < -0.4 is 5.32 Å². The molecule has 4 aromatic rings. The number of hydrogen-bond acceptors (Lipinski definition) is 8. The van der Waals surface area contributed by atoms with E-state index in [4.69, 9.17) is 4.42 Å². The zero-order chi connectivity index (χ0) is 23.4. The highest BCUT2D eigenvalue weighted by Gasteiger charge is 2.16. The summed E-state index contributed by atoms with van der Waals surface area (Å²) in [4.78, 5) is 21.4. The topological polar surface area (TPSA) is 112 Å². The molecule has 0 aliphatic rings. The molecule has 0 fully saturated rings. The van der Waals surface area contributed by atoms with Gasteiger partial charge >= 0.3 is 0 Å². The largest absolute Gasteiger partial charge is 0.416 e. The molecule has 0 bridgehead atoms. The summed E-state index contributed by atoms with van der Waals surface area (Å²) in [5, 5.41) is 15.8. The molecule has 1 unspecified atom stereocenters. The molecule has 0 aliphatic carbocycles. The molecule has 1 N–H and O–H groups in total. The summed E-state index contributed by atoms with van der Waals surface area (Å²) in [6.07, 6.45) is 0.637. The first-order valence-electron chi connectivity index (χ1n) is 10.6. The van der Waals surface area contributed by atoms with Gasteiger partial charge in [-0.15, -0.1) is 10.2 Å². The van der Waals surface area contributed by atoms with Gasteiger partial charge in [-0.1, -0.05) is 49.0 Å². The molecule has 10 heteroatoms. The Balaban J connectivity index is 1.36. The number of amides is 1. The Labute approximate surface area is 196 Å². The van der Waals surface area contributed by atoms with E-state index in [9.17, 15) is 4.79 Å². The normalized spacial score (nSPS) is 12.0. The number of benzene rings is 1. The third-order valence-electron chi connectivity index (χ3n) is 4.88. The molecule has 3 aromatic heterocycles. The number of rotatable bonds is 8. The molecule has 0 spiro atoms. The summed E-state index contributed by atoms with van der Waals surface area (Å²) in [6, 6.07) is 13.8. The first kappa shape index (κ1) is 22.7. The quantitative estimate of drug-likeness (QED) is 0.390. The van der Waals surface area contributed by atoms with E-state index in [-0.39, 0.29) is 17.6 Å². The number of hydrogen-bond donors (Lipinski definition) is 1. The van der Waals surface area contributed by atoms with Crippen molar-refractivity contribution < 1.29 is 9.21 Å². The van der Waals surface area contributed by atoms with Gasteiger partial charge in [0.2, 0.25) is 11.8 Å². The number of aromatic nitrogens is 6. The lowest BCUT2D eigenvalue weighted by Crippen LogP contribution is -2.18. The Morgan fingerprint density at radius 1 is 1.06 bits per heavy atom. The first-order chi connectivity index (χ1) is 15.9. The van der Waals surface area contributed by atoms with Crippen molar-refractivity contribution in [3.8, 4) is 5.95 Å². The minimum atomic E-state index is -0.220. The minimum absolute atomic E-state index is 0.119. The molecule has 1 aromatic carbocycles. The van der Waals surface area contributed by atoms with Crippen LogP contribution in [0.2, 0.25) is 0 Å². The number of carbonyl (C=O) groups is 1. The highest BCUT2D eigenvalue weighted by Crippen LogP contribution is 2.23. The molecule has 0 saturated carbocycles. The monoisotopic (exact) mass is 463 g/mol. The average Bonchev–Trinajstić information content (AvgIpc) is 3.38. The molecule has 0 saturated heterocycles. The fourth-order valence-electron chi connectivity index (χ4n) is 3.39. The highest BCUT2D eigenvalue weighted by molar-refractivity contribution is 7.99. The van der Waals surface area contributed by atoms with Crippen molar-refractivity contribution in [2.75, 3.05) is 11.1 Å². The van der Waals surface area contributed by atoms with E-state index in [1.807, 2.05) is 45.0 Å². The second-order valence-corrected chi connectivity index (χ2v) is 8.77. The fourth-order valence-corrected chi connectivity index (χ4v) is 3.97. The lowest BCUT2D eigenvalue weighted by molar-refractivity contribution is -0.113. The number of carbonyl (C=O) groups excluding carboxylic acids is 1. The average molecular weight is 464 g/mol. The summed E-state index contributed by atoms with van der Waals surface area (Å²) in [5.41, 5.74) is 3.61. The van der Waals surface area contributed by atoms with Crippen LogP contribution in [-0.2, 0) is 11.2 Å². The van der Waals surface area contributed by atoms with Gasteiger partial charge in [0.05, 0.1) is 11.4 Å². The van der Waals surface area contributed by atoms with E-state index >= 15 is 0 Å². The van der Waals surface area contributed by atoms with Gasteiger partial charge in [0.1, 0.15) is 5.82 Å². The van der Waals surface area contributed by atoms with Crippen molar-refractivity contribution in [3.05, 3.63) is 71.0 Å². The van der Waals surface area contributed by atoms with Crippen LogP contribution in [0.5, 0.6) is 0 Å². The molecule has 1 amide bonds. The van der Waals surface area contributed by atoms with Crippen LogP contribution in [0.25, 0.3) is 5.95 Å². The molecule has 4 rings (SSSR count). The Kier molecular flexibility index (Phi) is 6.83. The van der Waals surface area contributed by atoms with Crippen LogP contribution in [0.1, 0.15) is 41.4 Å². The van der Waals surface area contributed by atoms with Crippen molar-refractivity contribution in [2.45, 2.75) is 45.3 Å². The van der Waals surface area contributed by atoms with Crippen LogP contribution in [0, 0.1) is 20.8 Å². The number of aryl methyl sites for hydroxylation is 3. The van der Waals surface area contributed by atoms with Crippen molar-refractivity contribution in [1.82, 2.24) is 29.9 Å². The van der Waals surface area contributed by atoms with E-state index in [2.05, 4.69) is 49.6 Å². The van der Waals surface area contributed by atoms with Crippen molar-refractivity contribution >= 4 is 23.5 Å². The highest BCUT2D eigenvalue weighted by atomic mass is 32.2. The van der Waals surface area contributed by atoms with Crippen molar-refractivity contribution in [3.63, 3.8) is 0 Å². The maximum atomic E-state index is 12.6. The second kappa shape index (κ2) is 9.95. The minimum Gasteiger partial charge on any atom is -0.416 e. The van der Waals surface area contributed by atoms with Gasteiger partial charge in [-0.2, -0.15) is 9.78 Å². The maximum Gasteiger partial charge on any atom is 0.277 e. The van der Waals surface area contributed by atoms with Gasteiger partial charge in [0.25, 0.3) is 11.2 Å². The van der Waals surface area contributed by atoms with Gasteiger partial charge in [0, 0.05) is 23.9 Å². The van der Waals surface area contributed by atoms with E-state index in [0.29, 0.717) is 29.3 Å². The Morgan fingerprint density at radius 2 is 1.79 bits per heavy atom. The molecular weight excluding hydrogens is 438 g/mol. The zero-order valence-corrected chi connectivity index (χ0v) is 19.8. The summed E-state index contributed by atoms with van der Waals surface area (Å²) < 4.78 is 7.26. The van der Waals surface area contributed by atoms with Crippen LogP contribution in [0.3, 0.4) is 0 Å². The van der Waals surface area contributed by atoms with Gasteiger partial charge in [0.15, 0.2) is 0 Å². The zero-order valence-electron chi connectivity index (χ0n) is 18.9. The molecule has 170 valence electrons. The third kappa shape index (κ3) is 5.83. The van der Waals surface area contributed by atoms with E-state index in [1.54, 1.807) is 6.07 Å². The van der Waals surface area contributed by atoms with E-state index in [0.717, 1.165) is 17.1 Å². The lowest BCUT2D eigenvalue weighted by Gasteiger charge is -2.08. The van der Waals surface area contributed by atoms with Crippen LogP contribution in [0.4, 0.5) is 5.82 Å². The summed E-state index contributed by atoms with van der Waals surface area (Å²) in [7, 11) is 0. The Hall–Kier alpha value is -3.53. The van der Waals surface area contributed by atoms with Gasteiger partial charge in [-0.25, -0.2) is 9.97 Å². The van der Waals surface area contributed by atoms with Crippen molar-refractivity contribution in [1.29, 1.82) is 0 Å². The van der Waals surface area contributed by atoms with E-state index in [1.165, 1.54) is 22.0 Å². The predicted molar refractivity (Wildman–Crippen MR) is 126 cm³/mol. The van der Waals surface area contributed by atoms with Gasteiger partial charge < -0.3 is 9.73 Å². The molecule has 9 nitrogen and oxygen atoms in total. The number of nitrogens with zero attached hydrogens (tertiary/aromatic N) is 6. The number of thioether (sulfide) groups is 1. The van der Waals surface area contributed by atoms with Gasteiger partial charge in [-0.3, -0.25) is 4.79 Å². The summed E-state index contributed by atoms with van der Waals surface area (Å²) in [5.74, 6) is 1.62. The van der Waals surface area contributed by atoms with Gasteiger partial charge in [-0.05, 0) is 38.3 Å². The summed E-state index contributed by atoms with van der Waals surface area (Å²) >= 11 is 1.19. The Morgan fingerprint density at radius 3 is 2.52 bits per heavy atom. The second-order valence-electron chi connectivity index (χ2n) is 7.85. The van der Waals surface area contributed by atoms with E-state index < -0.39 is 0 Å². The fraction of sp³-hybridized carbons (Fsp3) is 0.304. The summed E-state index contributed by atoms with van der Waals surface area (Å²) in [6.45, 7) is 7.75. The predicted octanol–water partition coefficient (Wildman–Crippen LogP) is 4.05. The maximum absolute atomic E-state index is 12.6. The molecule has 1 atom stereocenters. The Bertz CT molecular complexity index is 1230. The first-order valence-corrected chi connectivity index (χ1v) is 11.5. The standard InChI is InChI=1S/C23H25N7O2S/c1-14(18-8-6-5-7-9-18)10-21-27-28-23(32-21)33-13-20(31)26-19-12-17(4)29-30(19)22-24-15(2)11-16(3)25-22/h5-9,11-12,14H,10,13H2,1-4H3,(H,26,31). The molecule has 0 aliphatic heterocycles.